The number of carbonyl (C=O) groups is 2. The van der Waals surface area contributed by atoms with Gasteiger partial charge in [0, 0.05) is 23.9 Å². The number of nitrogens with zero attached hydrogens (tertiary/aromatic N) is 3. The van der Waals surface area contributed by atoms with E-state index in [1.807, 2.05) is 63.4 Å². The highest BCUT2D eigenvalue weighted by atomic mass is 16.6. The zero-order chi connectivity index (χ0) is 31.8. The Kier molecular flexibility index (Phi) is 11.0. The molecular formula is C34H43N3O6. The monoisotopic (exact) mass is 589 g/mol. The van der Waals surface area contributed by atoms with Gasteiger partial charge in [0.05, 0.1) is 36.8 Å². The topological polar surface area (TPSA) is 113 Å². The summed E-state index contributed by atoms with van der Waals surface area (Å²) < 4.78 is 23.9. The number of benzene rings is 2. The number of hydrogen-bond donors (Lipinski definition) is 0. The Bertz CT molecular complexity index is 1430. The van der Waals surface area contributed by atoms with Crippen LogP contribution in [0.3, 0.4) is 0 Å². The minimum absolute atomic E-state index is 0.0455. The highest BCUT2D eigenvalue weighted by Crippen LogP contribution is 2.40. The van der Waals surface area contributed by atoms with Crippen molar-refractivity contribution < 1.29 is 28.5 Å². The van der Waals surface area contributed by atoms with Gasteiger partial charge < -0.3 is 18.9 Å². The summed E-state index contributed by atoms with van der Waals surface area (Å²) in [4.78, 5) is 30.2. The minimum Gasteiger partial charge on any atom is -0.497 e. The van der Waals surface area contributed by atoms with E-state index in [1.54, 1.807) is 34.1 Å². The number of aromatic nitrogens is 2. The first-order valence-electron chi connectivity index (χ1n) is 14.4. The molecule has 1 aromatic heterocycles. The molecule has 3 rings (SSSR count). The number of methoxy groups -OCH3 is 2. The summed E-state index contributed by atoms with van der Waals surface area (Å²) in [6.07, 6.45) is 4.87. The van der Waals surface area contributed by atoms with Gasteiger partial charge in [-0.3, -0.25) is 14.2 Å². The molecule has 1 heterocycles. The van der Waals surface area contributed by atoms with E-state index < -0.39 is 22.8 Å². The van der Waals surface area contributed by atoms with Crippen molar-refractivity contribution in [2.75, 3.05) is 27.4 Å². The van der Waals surface area contributed by atoms with Crippen LogP contribution in [0.15, 0.2) is 48.8 Å². The van der Waals surface area contributed by atoms with Crippen molar-refractivity contribution in [3.05, 3.63) is 59.9 Å². The van der Waals surface area contributed by atoms with Gasteiger partial charge in [-0.15, -0.1) is 0 Å². The molecule has 0 aliphatic heterocycles. The molecular weight excluding hydrogens is 546 g/mol. The van der Waals surface area contributed by atoms with Crippen molar-refractivity contribution >= 4 is 11.9 Å². The first-order valence-corrected chi connectivity index (χ1v) is 14.4. The SMILES string of the molecule is COC(=O)C(C)(C)CC(C)(CCC(C)C#N)C(=O)OCCOc1cc(C)c(-n2ccnc2-c2ccc(OC)cc2)c(C)c1. The van der Waals surface area contributed by atoms with Crippen LogP contribution in [-0.2, 0) is 19.1 Å². The number of hydrogen-bond acceptors (Lipinski definition) is 8. The third-order valence-corrected chi connectivity index (χ3v) is 7.69. The number of aryl methyl sites for hydroxylation is 2. The average molecular weight is 590 g/mol. The summed E-state index contributed by atoms with van der Waals surface area (Å²) in [6.45, 7) is 11.3. The van der Waals surface area contributed by atoms with E-state index >= 15 is 0 Å². The lowest BCUT2D eigenvalue weighted by molar-refractivity contribution is -0.162. The van der Waals surface area contributed by atoms with Crippen LogP contribution in [0.5, 0.6) is 11.5 Å². The molecule has 9 heteroatoms. The fourth-order valence-electron chi connectivity index (χ4n) is 5.47. The Balaban J connectivity index is 1.68. The second kappa shape index (κ2) is 14.2. The summed E-state index contributed by atoms with van der Waals surface area (Å²) in [6, 6.07) is 13.9. The van der Waals surface area contributed by atoms with E-state index in [9.17, 15) is 14.9 Å². The van der Waals surface area contributed by atoms with Gasteiger partial charge in [-0.25, -0.2) is 4.98 Å². The number of imidazole rings is 1. The van der Waals surface area contributed by atoms with Crippen LogP contribution in [0.25, 0.3) is 17.1 Å². The number of nitriles is 1. The summed E-state index contributed by atoms with van der Waals surface area (Å²) in [7, 11) is 2.97. The van der Waals surface area contributed by atoms with Gasteiger partial charge in [-0.1, -0.05) is 0 Å². The first kappa shape index (κ1) is 33.2. The molecule has 3 aromatic rings. The van der Waals surface area contributed by atoms with Gasteiger partial charge in [0.25, 0.3) is 0 Å². The van der Waals surface area contributed by atoms with Crippen molar-refractivity contribution in [3.8, 4) is 34.6 Å². The molecule has 0 bridgehead atoms. The molecule has 0 N–H and O–H groups in total. The van der Waals surface area contributed by atoms with Crippen LogP contribution in [0, 0.1) is 41.9 Å². The Hall–Kier alpha value is -4.32. The lowest BCUT2D eigenvalue weighted by Crippen LogP contribution is -2.39. The predicted molar refractivity (Wildman–Crippen MR) is 164 cm³/mol. The van der Waals surface area contributed by atoms with Crippen LogP contribution in [0.4, 0.5) is 0 Å². The lowest BCUT2D eigenvalue weighted by Gasteiger charge is -2.34. The van der Waals surface area contributed by atoms with E-state index in [0.717, 1.165) is 34.0 Å². The number of rotatable bonds is 14. The quantitative estimate of drug-likeness (QED) is 0.152. The Labute approximate surface area is 254 Å². The van der Waals surface area contributed by atoms with Crippen molar-refractivity contribution in [2.45, 2.75) is 60.8 Å². The molecule has 230 valence electrons. The number of ether oxygens (including phenoxy) is 4. The third-order valence-electron chi connectivity index (χ3n) is 7.69. The molecule has 2 aromatic carbocycles. The van der Waals surface area contributed by atoms with Gasteiger partial charge in [0.15, 0.2) is 0 Å². The zero-order valence-electron chi connectivity index (χ0n) is 26.5. The Morgan fingerprint density at radius 1 is 1.00 bits per heavy atom. The smallest absolute Gasteiger partial charge is 0.311 e. The molecule has 2 unspecified atom stereocenters. The summed E-state index contributed by atoms with van der Waals surface area (Å²) in [5, 5.41) is 9.24. The van der Waals surface area contributed by atoms with Crippen LogP contribution in [0.1, 0.15) is 58.1 Å². The minimum atomic E-state index is -0.968. The molecule has 0 radical (unpaired) electrons. The molecule has 43 heavy (non-hydrogen) atoms. The van der Waals surface area contributed by atoms with E-state index in [1.165, 1.54) is 7.11 Å². The molecule has 0 aliphatic carbocycles. The van der Waals surface area contributed by atoms with Gasteiger partial charge in [0.1, 0.15) is 30.5 Å². The molecule has 0 saturated heterocycles. The highest BCUT2D eigenvalue weighted by molar-refractivity contribution is 5.80. The van der Waals surface area contributed by atoms with Crippen LogP contribution in [0.2, 0.25) is 0 Å². The molecule has 0 spiro atoms. The molecule has 0 fully saturated rings. The summed E-state index contributed by atoms with van der Waals surface area (Å²) in [5.41, 5.74) is 2.12. The molecule has 2 atom stereocenters. The highest BCUT2D eigenvalue weighted by Gasteiger charge is 2.43. The normalized spacial score (nSPS) is 13.4. The molecule has 0 aliphatic rings. The number of esters is 2. The van der Waals surface area contributed by atoms with E-state index in [-0.39, 0.29) is 25.6 Å². The van der Waals surface area contributed by atoms with Gasteiger partial charge in [-0.05, 0) is 108 Å². The van der Waals surface area contributed by atoms with Crippen molar-refractivity contribution in [2.24, 2.45) is 16.7 Å². The summed E-state index contributed by atoms with van der Waals surface area (Å²) >= 11 is 0. The second-order valence-electron chi connectivity index (χ2n) is 11.9. The maximum Gasteiger partial charge on any atom is 0.311 e. The van der Waals surface area contributed by atoms with Crippen LogP contribution < -0.4 is 9.47 Å². The first-order chi connectivity index (χ1) is 20.3. The summed E-state index contributed by atoms with van der Waals surface area (Å²) in [5.74, 6) is 1.22. The van der Waals surface area contributed by atoms with E-state index in [2.05, 4.69) is 15.6 Å². The van der Waals surface area contributed by atoms with E-state index in [4.69, 9.17) is 18.9 Å². The maximum absolute atomic E-state index is 13.3. The standard InChI is InChI=1S/C34H43N3O6/c1-23(21-35)13-14-34(6,22-33(4,5)31(38)41-8)32(39)43-18-17-42-28-19-24(2)29(25(3)20-28)37-16-15-36-30(37)26-9-11-27(40-7)12-10-26/h9-12,15-16,19-20,23H,13-14,17-18,22H2,1-8H3. The largest absolute Gasteiger partial charge is 0.497 e. The number of carbonyl (C=O) groups excluding carboxylic acids is 2. The Morgan fingerprint density at radius 3 is 2.23 bits per heavy atom. The maximum atomic E-state index is 13.3. The van der Waals surface area contributed by atoms with Crippen molar-refractivity contribution in [3.63, 3.8) is 0 Å². The third kappa shape index (κ3) is 8.16. The van der Waals surface area contributed by atoms with Crippen molar-refractivity contribution in [1.29, 1.82) is 5.26 Å². The van der Waals surface area contributed by atoms with Gasteiger partial charge in [-0.2, -0.15) is 5.26 Å². The van der Waals surface area contributed by atoms with Crippen molar-refractivity contribution in [1.82, 2.24) is 9.55 Å². The molecule has 9 nitrogen and oxygen atoms in total. The lowest BCUT2D eigenvalue weighted by atomic mass is 9.71. The van der Waals surface area contributed by atoms with Crippen LogP contribution in [-0.4, -0.2) is 48.9 Å². The van der Waals surface area contributed by atoms with Crippen LogP contribution >= 0.6 is 0 Å². The average Bonchev–Trinajstić information content (AvgIpc) is 3.46. The van der Waals surface area contributed by atoms with Gasteiger partial charge >= 0.3 is 11.9 Å². The fraction of sp³-hybridized carbons (Fsp3) is 0.471. The second-order valence-corrected chi connectivity index (χ2v) is 11.9. The molecule has 0 saturated carbocycles. The molecule has 0 amide bonds. The fourth-order valence-corrected chi connectivity index (χ4v) is 5.47. The predicted octanol–water partition coefficient (Wildman–Crippen LogP) is 6.62. The Morgan fingerprint density at radius 2 is 1.65 bits per heavy atom. The van der Waals surface area contributed by atoms with E-state index in [0.29, 0.717) is 18.6 Å². The van der Waals surface area contributed by atoms with Gasteiger partial charge in [0.2, 0.25) is 0 Å². The zero-order valence-corrected chi connectivity index (χ0v) is 26.5.